The molecule has 0 atom stereocenters. The first-order chi connectivity index (χ1) is 10.6. The lowest BCUT2D eigenvalue weighted by Gasteiger charge is -2.10. The number of aliphatic imine (C=N–C) groups is 1. The normalized spacial score (nSPS) is 11.2. The number of rotatable bonds is 6. The zero-order valence-corrected chi connectivity index (χ0v) is 17.1. The highest BCUT2D eigenvalue weighted by Crippen LogP contribution is 2.17. The highest BCUT2D eigenvalue weighted by Gasteiger charge is 2.06. The SMILES string of the molecule is CCc1nc(CCNC(=NC)NCc2ncnn2C)sc1C.I. The number of thiazole rings is 1. The Kier molecular flexibility index (Phi) is 8.45. The molecular formula is C14H24IN7S. The summed E-state index contributed by atoms with van der Waals surface area (Å²) in [5.41, 5.74) is 1.21. The van der Waals surface area contributed by atoms with E-state index in [0.29, 0.717) is 6.54 Å². The molecule has 0 radical (unpaired) electrons. The molecule has 2 aromatic heterocycles. The Morgan fingerprint density at radius 3 is 2.74 bits per heavy atom. The van der Waals surface area contributed by atoms with Crippen LogP contribution in [0.5, 0.6) is 0 Å². The number of aromatic nitrogens is 4. The molecule has 0 aliphatic heterocycles. The Morgan fingerprint density at radius 1 is 1.39 bits per heavy atom. The lowest BCUT2D eigenvalue weighted by Crippen LogP contribution is -2.38. The number of aryl methyl sites for hydroxylation is 3. The number of hydrogen-bond acceptors (Lipinski definition) is 5. The van der Waals surface area contributed by atoms with Crippen LogP contribution in [0.2, 0.25) is 0 Å². The fraction of sp³-hybridized carbons (Fsp3) is 0.571. The number of nitrogens with one attached hydrogen (secondary N) is 2. The summed E-state index contributed by atoms with van der Waals surface area (Å²) in [5, 5.41) is 11.7. The average molecular weight is 449 g/mol. The number of guanidine groups is 1. The summed E-state index contributed by atoms with van der Waals surface area (Å²) in [6, 6.07) is 0. The summed E-state index contributed by atoms with van der Waals surface area (Å²) in [7, 11) is 3.63. The molecule has 23 heavy (non-hydrogen) atoms. The van der Waals surface area contributed by atoms with Gasteiger partial charge in [-0.25, -0.2) is 9.97 Å². The van der Waals surface area contributed by atoms with Gasteiger partial charge >= 0.3 is 0 Å². The van der Waals surface area contributed by atoms with E-state index in [-0.39, 0.29) is 24.0 Å². The van der Waals surface area contributed by atoms with E-state index >= 15 is 0 Å². The maximum atomic E-state index is 4.65. The minimum atomic E-state index is 0. The van der Waals surface area contributed by atoms with E-state index < -0.39 is 0 Å². The fourth-order valence-electron chi connectivity index (χ4n) is 2.07. The minimum Gasteiger partial charge on any atom is -0.356 e. The number of hydrogen-bond donors (Lipinski definition) is 2. The first-order valence-corrected chi connectivity index (χ1v) is 8.18. The number of nitrogens with zero attached hydrogens (tertiary/aromatic N) is 5. The van der Waals surface area contributed by atoms with Gasteiger partial charge in [0.1, 0.15) is 12.2 Å². The van der Waals surface area contributed by atoms with E-state index in [4.69, 9.17) is 0 Å². The Balaban J connectivity index is 0.00000264. The average Bonchev–Trinajstić information content (AvgIpc) is 3.08. The van der Waals surface area contributed by atoms with E-state index in [1.807, 2.05) is 7.05 Å². The Bertz CT molecular complexity index is 635. The predicted molar refractivity (Wildman–Crippen MR) is 105 cm³/mol. The summed E-state index contributed by atoms with van der Waals surface area (Å²) in [4.78, 5) is 14.3. The highest BCUT2D eigenvalue weighted by atomic mass is 127. The lowest BCUT2D eigenvalue weighted by molar-refractivity contribution is 0.672. The standard InChI is InChI=1S/C14H23N7S.HI/c1-5-11-10(2)22-13(20-11)6-7-16-14(15-3)17-8-12-18-9-19-21(12)4;/h9H,5-8H2,1-4H3,(H2,15,16,17);1H. The van der Waals surface area contributed by atoms with Gasteiger partial charge in [0.2, 0.25) is 0 Å². The van der Waals surface area contributed by atoms with Gasteiger partial charge in [-0.3, -0.25) is 9.67 Å². The van der Waals surface area contributed by atoms with Gasteiger partial charge in [0, 0.05) is 31.9 Å². The van der Waals surface area contributed by atoms with Gasteiger partial charge in [0.05, 0.1) is 17.2 Å². The van der Waals surface area contributed by atoms with Crippen molar-refractivity contribution in [1.29, 1.82) is 0 Å². The van der Waals surface area contributed by atoms with Gasteiger partial charge in [-0.15, -0.1) is 35.3 Å². The van der Waals surface area contributed by atoms with Crippen molar-refractivity contribution in [2.45, 2.75) is 33.2 Å². The molecule has 2 aromatic rings. The molecule has 0 unspecified atom stereocenters. The molecule has 128 valence electrons. The smallest absolute Gasteiger partial charge is 0.191 e. The topological polar surface area (TPSA) is 80.0 Å². The third-order valence-electron chi connectivity index (χ3n) is 3.35. The molecule has 0 saturated heterocycles. The monoisotopic (exact) mass is 449 g/mol. The van der Waals surface area contributed by atoms with Crippen molar-refractivity contribution in [3.63, 3.8) is 0 Å². The van der Waals surface area contributed by atoms with E-state index in [1.54, 1.807) is 29.4 Å². The van der Waals surface area contributed by atoms with Crippen molar-refractivity contribution in [3.05, 3.63) is 27.7 Å². The number of halogens is 1. The first-order valence-electron chi connectivity index (χ1n) is 7.36. The van der Waals surface area contributed by atoms with Crippen LogP contribution in [-0.2, 0) is 26.4 Å². The summed E-state index contributed by atoms with van der Waals surface area (Å²) in [5.74, 6) is 1.62. The van der Waals surface area contributed by atoms with Gasteiger partial charge in [-0.1, -0.05) is 6.92 Å². The second kappa shape index (κ2) is 9.81. The molecule has 0 fully saturated rings. The second-order valence-corrected chi connectivity index (χ2v) is 6.15. The maximum absolute atomic E-state index is 4.65. The third kappa shape index (κ3) is 5.72. The summed E-state index contributed by atoms with van der Waals surface area (Å²) >= 11 is 1.78. The van der Waals surface area contributed by atoms with E-state index in [2.05, 4.69) is 44.5 Å². The summed E-state index contributed by atoms with van der Waals surface area (Å²) in [6.07, 6.45) is 3.44. The van der Waals surface area contributed by atoms with Crippen molar-refractivity contribution in [3.8, 4) is 0 Å². The molecule has 2 rings (SSSR count). The van der Waals surface area contributed by atoms with Crippen molar-refractivity contribution in [2.75, 3.05) is 13.6 Å². The summed E-state index contributed by atoms with van der Waals surface area (Å²) in [6.45, 7) is 5.66. The van der Waals surface area contributed by atoms with Gasteiger partial charge < -0.3 is 10.6 Å². The third-order valence-corrected chi connectivity index (χ3v) is 4.42. The van der Waals surface area contributed by atoms with Crippen LogP contribution in [0.1, 0.15) is 28.3 Å². The molecule has 0 aliphatic carbocycles. The fourth-order valence-corrected chi connectivity index (χ4v) is 3.10. The van der Waals surface area contributed by atoms with Crippen molar-refractivity contribution < 1.29 is 0 Å². The van der Waals surface area contributed by atoms with Crippen LogP contribution in [0.25, 0.3) is 0 Å². The highest BCUT2D eigenvalue weighted by molar-refractivity contribution is 14.0. The minimum absolute atomic E-state index is 0. The predicted octanol–water partition coefficient (Wildman–Crippen LogP) is 1.67. The molecule has 2 heterocycles. The zero-order valence-electron chi connectivity index (χ0n) is 14.0. The van der Waals surface area contributed by atoms with Crippen molar-refractivity contribution in [2.24, 2.45) is 12.0 Å². The summed E-state index contributed by atoms with van der Waals surface area (Å²) < 4.78 is 1.74. The van der Waals surface area contributed by atoms with E-state index in [9.17, 15) is 0 Å². The molecule has 9 heteroatoms. The second-order valence-electron chi connectivity index (χ2n) is 4.87. The Morgan fingerprint density at radius 2 is 2.17 bits per heavy atom. The molecule has 0 bridgehead atoms. The Hall–Kier alpha value is -1.23. The molecule has 7 nitrogen and oxygen atoms in total. The quantitative estimate of drug-likeness (QED) is 0.399. The molecule has 0 aliphatic rings. The van der Waals surface area contributed by atoms with Crippen LogP contribution < -0.4 is 10.6 Å². The van der Waals surface area contributed by atoms with Gasteiger partial charge in [-0.05, 0) is 13.3 Å². The molecule has 0 spiro atoms. The van der Waals surface area contributed by atoms with Gasteiger partial charge in [-0.2, -0.15) is 5.10 Å². The van der Waals surface area contributed by atoms with E-state index in [1.165, 1.54) is 15.6 Å². The first kappa shape index (κ1) is 19.8. The van der Waals surface area contributed by atoms with Gasteiger partial charge in [0.15, 0.2) is 5.96 Å². The van der Waals surface area contributed by atoms with Crippen LogP contribution in [0.4, 0.5) is 0 Å². The molecule has 0 saturated carbocycles. The van der Waals surface area contributed by atoms with Crippen LogP contribution in [-0.4, -0.2) is 39.3 Å². The van der Waals surface area contributed by atoms with E-state index in [0.717, 1.165) is 31.2 Å². The van der Waals surface area contributed by atoms with Crippen LogP contribution in [0, 0.1) is 6.92 Å². The zero-order chi connectivity index (χ0) is 15.9. The molecule has 0 amide bonds. The van der Waals surface area contributed by atoms with Gasteiger partial charge in [0.25, 0.3) is 0 Å². The largest absolute Gasteiger partial charge is 0.356 e. The van der Waals surface area contributed by atoms with Crippen molar-refractivity contribution in [1.82, 2.24) is 30.4 Å². The van der Waals surface area contributed by atoms with Crippen LogP contribution >= 0.6 is 35.3 Å². The molecule has 0 aromatic carbocycles. The van der Waals surface area contributed by atoms with Crippen LogP contribution in [0.3, 0.4) is 0 Å². The lowest BCUT2D eigenvalue weighted by atomic mass is 10.3. The molecule has 2 N–H and O–H groups in total. The Labute approximate surface area is 158 Å². The maximum Gasteiger partial charge on any atom is 0.191 e. The van der Waals surface area contributed by atoms with Crippen molar-refractivity contribution >= 4 is 41.3 Å². The van der Waals surface area contributed by atoms with Crippen LogP contribution in [0.15, 0.2) is 11.3 Å². The molecular weight excluding hydrogens is 425 g/mol.